The zero-order chi connectivity index (χ0) is 15.2. The molecule has 0 bridgehead atoms. The first-order valence-electron chi connectivity index (χ1n) is 6.62. The minimum atomic E-state index is -0.370. The zero-order valence-electron chi connectivity index (χ0n) is 12.0. The minimum Gasteiger partial charge on any atom is -0.465 e. The third-order valence-corrected chi connectivity index (χ3v) is 3.73. The predicted molar refractivity (Wildman–Crippen MR) is 85.0 cm³/mol. The lowest BCUT2D eigenvalue weighted by Crippen LogP contribution is -2.18. The fraction of sp³-hybridized carbons (Fsp3) is 0.250. The number of esters is 1. The third kappa shape index (κ3) is 4.37. The van der Waals surface area contributed by atoms with Crippen LogP contribution < -0.4 is 5.32 Å². The van der Waals surface area contributed by atoms with Gasteiger partial charge >= 0.3 is 5.97 Å². The molecule has 21 heavy (non-hydrogen) atoms. The van der Waals surface area contributed by atoms with Gasteiger partial charge in [0, 0.05) is 23.3 Å². The molecule has 1 aromatic heterocycles. The van der Waals surface area contributed by atoms with Crippen LogP contribution in [0.1, 0.15) is 34.6 Å². The van der Waals surface area contributed by atoms with Crippen molar-refractivity contribution in [2.75, 3.05) is 7.11 Å². The molecule has 2 aromatic rings. The molecule has 0 radical (unpaired) electrons. The number of rotatable bonds is 5. The van der Waals surface area contributed by atoms with E-state index in [4.69, 9.17) is 0 Å². The molecule has 1 aromatic carbocycles. The van der Waals surface area contributed by atoms with Gasteiger partial charge in [0.15, 0.2) is 0 Å². The highest BCUT2D eigenvalue weighted by molar-refractivity contribution is 9.10. The number of hydrogen-bond donors (Lipinski definition) is 1. The van der Waals surface area contributed by atoms with E-state index in [2.05, 4.69) is 50.0 Å². The Morgan fingerprint density at radius 3 is 2.57 bits per heavy atom. The van der Waals surface area contributed by atoms with E-state index in [1.54, 1.807) is 6.07 Å². The summed E-state index contributed by atoms with van der Waals surface area (Å²) in [7, 11) is 1.36. The second kappa shape index (κ2) is 7.33. The fourth-order valence-corrected chi connectivity index (χ4v) is 2.16. The molecule has 0 saturated carbocycles. The van der Waals surface area contributed by atoms with E-state index in [1.165, 1.54) is 18.9 Å². The first kappa shape index (κ1) is 15.7. The summed E-state index contributed by atoms with van der Waals surface area (Å²) in [4.78, 5) is 15.6. The Kier molecular flexibility index (Phi) is 5.47. The van der Waals surface area contributed by atoms with Crippen LogP contribution in [0.5, 0.6) is 0 Å². The lowest BCUT2D eigenvalue weighted by Gasteiger charge is -2.14. The highest BCUT2D eigenvalue weighted by atomic mass is 79.9. The maximum atomic E-state index is 11.3. The summed E-state index contributed by atoms with van der Waals surface area (Å²) < 4.78 is 5.71. The van der Waals surface area contributed by atoms with Crippen molar-refractivity contribution in [3.63, 3.8) is 0 Å². The standard InChI is InChI=1S/C16H17BrN2O2/c1-11(12-3-6-14(17)7-4-12)18-10-15-8-5-13(9-19-15)16(20)21-2/h3-9,11,18H,10H2,1-2H3/t11-/m1/s1. The summed E-state index contributed by atoms with van der Waals surface area (Å²) in [5.41, 5.74) is 2.55. The minimum absolute atomic E-state index is 0.222. The maximum absolute atomic E-state index is 11.3. The molecule has 0 aliphatic rings. The Hall–Kier alpha value is -1.72. The van der Waals surface area contributed by atoms with Crippen molar-refractivity contribution in [1.82, 2.24) is 10.3 Å². The number of pyridine rings is 1. The molecule has 2 rings (SSSR count). The molecule has 0 amide bonds. The molecule has 1 heterocycles. The largest absolute Gasteiger partial charge is 0.465 e. The van der Waals surface area contributed by atoms with Crippen LogP contribution >= 0.6 is 15.9 Å². The van der Waals surface area contributed by atoms with E-state index >= 15 is 0 Å². The summed E-state index contributed by atoms with van der Waals surface area (Å²) >= 11 is 3.43. The van der Waals surface area contributed by atoms with Crippen LogP contribution in [0.2, 0.25) is 0 Å². The molecule has 4 nitrogen and oxygen atoms in total. The maximum Gasteiger partial charge on any atom is 0.339 e. The van der Waals surface area contributed by atoms with Crippen molar-refractivity contribution >= 4 is 21.9 Å². The number of aromatic nitrogens is 1. The smallest absolute Gasteiger partial charge is 0.339 e. The van der Waals surface area contributed by atoms with E-state index in [-0.39, 0.29) is 12.0 Å². The van der Waals surface area contributed by atoms with Crippen molar-refractivity contribution in [3.8, 4) is 0 Å². The van der Waals surface area contributed by atoms with Gasteiger partial charge in [-0.15, -0.1) is 0 Å². The summed E-state index contributed by atoms with van der Waals surface area (Å²) in [6.07, 6.45) is 1.53. The number of benzene rings is 1. The molecule has 0 saturated heterocycles. The second-order valence-electron chi connectivity index (χ2n) is 4.68. The first-order valence-corrected chi connectivity index (χ1v) is 7.41. The highest BCUT2D eigenvalue weighted by Crippen LogP contribution is 2.16. The monoisotopic (exact) mass is 348 g/mol. The Morgan fingerprint density at radius 2 is 2.00 bits per heavy atom. The average molecular weight is 349 g/mol. The fourth-order valence-electron chi connectivity index (χ4n) is 1.89. The van der Waals surface area contributed by atoms with Crippen LogP contribution in [-0.4, -0.2) is 18.1 Å². The molecule has 110 valence electrons. The van der Waals surface area contributed by atoms with Gasteiger partial charge in [-0.25, -0.2) is 4.79 Å². The van der Waals surface area contributed by atoms with Gasteiger partial charge in [-0.1, -0.05) is 28.1 Å². The molecule has 1 atom stereocenters. The van der Waals surface area contributed by atoms with Crippen LogP contribution in [0.4, 0.5) is 0 Å². The van der Waals surface area contributed by atoms with Gasteiger partial charge < -0.3 is 10.1 Å². The number of methoxy groups -OCH3 is 1. The number of carbonyl (C=O) groups is 1. The van der Waals surface area contributed by atoms with Gasteiger partial charge in [0.1, 0.15) is 0 Å². The molecule has 1 N–H and O–H groups in total. The third-order valence-electron chi connectivity index (χ3n) is 3.21. The van der Waals surface area contributed by atoms with Crippen molar-refractivity contribution < 1.29 is 9.53 Å². The van der Waals surface area contributed by atoms with Gasteiger partial charge in [-0.2, -0.15) is 0 Å². The molecule has 0 fully saturated rings. The zero-order valence-corrected chi connectivity index (χ0v) is 13.6. The molecule has 0 aliphatic carbocycles. The Bertz CT molecular complexity index is 597. The van der Waals surface area contributed by atoms with Crippen LogP contribution in [-0.2, 0) is 11.3 Å². The highest BCUT2D eigenvalue weighted by Gasteiger charge is 2.07. The molecular weight excluding hydrogens is 332 g/mol. The Morgan fingerprint density at radius 1 is 1.29 bits per heavy atom. The number of halogens is 1. The quantitative estimate of drug-likeness (QED) is 0.840. The summed E-state index contributed by atoms with van der Waals surface area (Å²) in [5.74, 6) is -0.370. The van der Waals surface area contributed by atoms with E-state index in [1.807, 2.05) is 18.2 Å². The van der Waals surface area contributed by atoms with Crippen molar-refractivity contribution in [3.05, 3.63) is 63.9 Å². The topological polar surface area (TPSA) is 51.2 Å². The number of nitrogens with zero attached hydrogens (tertiary/aromatic N) is 1. The van der Waals surface area contributed by atoms with E-state index in [0.29, 0.717) is 12.1 Å². The number of nitrogens with one attached hydrogen (secondary N) is 1. The summed E-state index contributed by atoms with van der Waals surface area (Å²) in [6, 6.07) is 12.0. The second-order valence-corrected chi connectivity index (χ2v) is 5.60. The number of hydrogen-bond acceptors (Lipinski definition) is 4. The number of carbonyl (C=O) groups excluding carboxylic acids is 1. The first-order chi connectivity index (χ1) is 10.1. The van der Waals surface area contributed by atoms with E-state index in [0.717, 1.165) is 10.2 Å². The normalized spacial score (nSPS) is 12.0. The summed E-state index contributed by atoms with van der Waals surface area (Å²) in [5, 5.41) is 3.40. The molecule has 0 aliphatic heterocycles. The summed E-state index contributed by atoms with van der Waals surface area (Å²) in [6.45, 7) is 2.74. The van der Waals surface area contributed by atoms with Gasteiger partial charge in [-0.05, 0) is 36.8 Å². The molecule has 0 spiro atoms. The van der Waals surface area contributed by atoms with Gasteiger partial charge in [0.05, 0.1) is 18.4 Å². The lowest BCUT2D eigenvalue weighted by atomic mass is 10.1. The van der Waals surface area contributed by atoms with Gasteiger partial charge in [-0.3, -0.25) is 4.98 Å². The number of ether oxygens (including phenoxy) is 1. The van der Waals surface area contributed by atoms with Crippen LogP contribution in [0.3, 0.4) is 0 Å². The van der Waals surface area contributed by atoms with Gasteiger partial charge in [0.25, 0.3) is 0 Å². The SMILES string of the molecule is COC(=O)c1ccc(CN[C@H](C)c2ccc(Br)cc2)nc1. The molecular formula is C16H17BrN2O2. The average Bonchev–Trinajstić information content (AvgIpc) is 2.53. The van der Waals surface area contributed by atoms with Crippen molar-refractivity contribution in [2.45, 2.75) is 19.5 Å². The van der Waals surface area contributed by atoms with Crippen LogP contribution in [0.15, 0.2) is 47.1 Å². The van der Waals surface area contributed by atoms with E-state index in [9.17, 15) is 4.79 Å². The predicted octanol–water partition coefficient (Wildman–Crippen LogP) is 3.48. The van der Waals surface area contributed by atoms with Crippen LogP contribution in [0, 0.1) is 0 Å². The Balaban J connectivity index is 1.93. The van der Waals surface area contributed by atoms with Crippen molar-refractivity contribution in [1.29, 1.82) is 0 Å². The lowest BCUT2D eigenvalue weighted by molar-refractivity contribution is 0.0600. The van der Waals surface area contributed by atoms with Crippen LogP contribution in [0.25, 0.3) is 0 Å². The van der Waals surface area contributed by atoms with E-state index < -0.39 is 0 Å². The molecule has 5 heteroatoms. The molecule has 0 unspecified atom stereocenters. The van der Waals surface area contributed by atoms with Gasteiger partial charge in [0.2, 0.25) is 0 Å². The van der Waals surface area contributed by atoms with Crippen molar-refractivity contribution in [2.24, 2.45) is 0 Å². The Labute approximate surface area is 132 Å².